The van der Waals surface area contributed by atoms with E-state index in [0.717, 1.165) is 42.6 Å². The fourth-order valence-corrected chi connectivity index (χ4v) is 6.84. The van der Waals surface area contributed by atoms with Crippen LogP contribution in [0.2, 0.25) is 0 Å². The molecule has 0 saturated heterocycles. The van der Waals surface area contributed by atoms with E-state index in [1.165, 1.54) is 12.8 Å². The maximum atomic E-state index is 12.7. The predicted octanol–water partition coefficient (Wildman–Crippen LogP) is 4.47. The van der Waals surface area contributed by atoms with Crippen LogP contribution in [0.1, 0.15) is 47.0 Å². The molecule has 1 saturated carbocycles. The second-order valence-corrected chi connectivity index (χ2v) is 12.1. The lowest BCUT2D eigenvalue weighted by Crippen LogP contribution is -2.28. The van der Waals surface area contributed by atoms with Gasteiger partial charge in [-0.2, -0.15) is 0 Å². The molecule has 1 rings (SSSR count). The number of Topliss-reactive ketones (excluding diaryl/α,β-unsaturated/α-hetero) is 1. The highest BCUT2D eigenvalue weighted by Crippen LogP contribution is 2.56. The number of nitrogens with zero attached hydrogens (tertiary/aromatic N) is 2. The summed E-state index contributed by atoms with van der Waals surface area (Å²) in [6.45, 7) is 10.0. The van der Waals surface area contributed by atoms with E-state index in [2.05, 4.69) is 17.1 Å². The number of likely N-dealkylation sites (N-methyl/N-ethyl adjacent to an activating group) is 2. The zero-order valence-electron chi connectivity index (χ0n) is 21.1. The molecular formula is C25H42N3O4P. The Morgan fingerprint density at radius 3 is 2.42 bits per heavy atom. The molecular weight excluding hydrogens is 437 g/mol. The third kappa shape index (κ3) is 11.8. The molecule has 0 spiro atoms. The minimum Gasteiger partial charge on any atom is -0.318 e. The van der Waals surface area contributed by atoms with Gasteiger partial charge in [0.15, 0.2) is 0 Å². The molecule has 0 aliphatic heterocycles. The van der Waals surface area contributed by atoms with Gasteiger partial charge in [-0.3, -0.25) is 14.9 Å². The average Bonchev–Trinajstić information content (AvgIpc) is 3.57. The third-order valence-electron chi connectivity index (χ3n) is 6.12. The SMILES string of the molecule is CNCCN(C)CC(/C=C/[N+](=O)[O-])=C/C=C(\C)P(CC1CC1)C(CC(C=O)C(C)C)C(C)=O. The van der Waals surface area contributed by atoms with Gasteiger partial charge in [-0.25, -0.2) is 0 Å². The van der Waals surface area contributed by atoms with Gasteiger partial charge in [0.25, 0.3) is 0 Å². The lowest BCUT2D eigenvalue weighted by atomic mass is 9.92. The van der Waals surface area contributed by atoms with E-state index < -0.39 is 12.8 Å². The van der Waals surface area contributed by atoms with E-state index in [-0.39, 0.29) is 23.3 Å². The molecule has 0 amide bonds. The number of allylic oxidation sites excluding steroid dienone is 3. The van der Waals surface area contributed by atoms with Crippen LogP contribution in [0, 0.1) is 27.9 Å². The maximum absolute atomic E-state index is 12.7. The summed E-state index contributed by atoms with van der Waals surface area (Å²) in [6, 6.07) is 0. The molecule has 1 aliphatic rings. The Kier molecular flexibility index (Phi) is 13.6. The Bertz CT molecular complexity index is 744. The van der Waals surface area contributed by atoms with Crippen molar-refractivity contribution in [3.63, 3.8) is 0 Å². The maximum Gasteiger partial charge on any atom is 0.234 e. The van der Waals surface area contributed by atoms with Gasteiger partial charge in [-0.15, -0.1) is 0 Å². The fraction of sp³-hybridized carbons (Fsp3) is 0.680. The largest absolute Gasteiger partial charge is 0.318 e. The van der Waals surface area contributed by atoms with Gasteiger partial charge in [-0.05, 0) is 76.1 Å². The van der Waals surface area contributed by atoms with Gasteiger partial charge in [0.05, 0.1) is 4.92 Å². The summed E-state index contributed by atoms with van der Waals surface area (Å²) in [4.78, 5) is 36.9. The third-order valence-corrected chi connectivity index (χ3v) is 9.41. The number of hydrogen-bond acceptors (Lipinski definition) is 6. The summed E-state index contributed by atoms with van der Waals surface area (Å²) in [5.41, 5.74) is 0.720. The number of rotatable bonds is 17. The molecule has 0 aromatic heterocycles. The van der Waals surface area contributed by atoms with Crippen molar-refractivity contribution in [2.75, 3.05) is 39.9 Å². The molecule has 0 aromatic rings. The van der Waals surface area contributed by atoms with Gasteiger partial charge < -0.3 is 15.0 Å². The summed E-state index contributed by atoms with van der Waals surface area (Å²) in [5.74, 6) is 0.913. The first-order valence-electron chi connectivity index (χ1n) is 11.8. The summed E-state index contributed by atoms with van der Waals surface area (Å²) in [7, 11) is 3.16. The summed E-state index contributed by atoms with van der Waals surface area (Å²) < 4.78 is 0. The number of nitrogens with one attached hydrogen (secondary N) is 1. The molecule has 1 aliphatic carbocycles. The van der Waals surface area contributed by atoms with E-state index in [1.807, 2.05) is 40.1 Å². The molecule has 0 bridgehead atoms. The molecule has 3 atom stereocenters. The molecule has 1 fully saturated rings. The van der Waals surface area contributed by atoms with Crippen molar-refractivity contribution in [1.82, 2.24) is 10.2 Å². The van der Waals surface area contributed by atoms with Crippen LogP contribution in [0.3, 0.4) is 0 Å². The van der Waals surface area contributed by atoms with Gasteiger partial charge in [0.2, 0.25) is 6.20 Å². The quantitative estimate of drug-likeness (QED) is 0.109. The molecule has 33 heavy (non-hydrogen) atoms. The van der Waals surface area contributed by atoms with E-state index in [0.29, 0.717) is 18.9 Å². The van der Waals surface area contributed by atoms with Crippen molar-refractivity contribution in [2.45, 2.75) is 52.6 Å². The molecule has 7 nitrogen and oxygen atoms in total. The van der Waals surface area contributed by atoms with Crippen LogP contribution in [0.25, 0.3) is 0 Å². The second kappa shape index (κ2) is 15.3. The van der Waals surface area contributed by atoms with E-state index in [1.54, 1.807) is 13.0 Å². The van der Waals surface area contributed by atoms with Crippen LogP contribution in [0.5, 0.6) is 0 Å². The molecule has 3 unspecified atom stereocenters. The molecule has 0 radical (unpaired) electrons. The van der Waals surface area contributed by atoms with Crippen LogP contribution >= 0.6 is 7.92 Å². The molecule has 1 N–H and O–H groups in total. The number of hydrogen-bond donors (Lipinski definition) is 1. The number of carbonyl (C=O) groups is 2. The highest BCUT2D eigenvalue weighted by molar-refractivity contribution is 7.63. The Balaban J connectivity index is 3.19. The van der Waals surface area contributed by atoms with Crippen LogP contribution < -0.4 is 5.32 Å². The normalized spacial score (nSPS) is 18.1. The average molecular weight is 480 g/mol. The lowest BCUT2D eigenvalue weighted by molar-refractivity contribution is -0.402. The van der Waals surface area contributed by atoms with Crippen molar-refractivity contribution in [1.29, 1.82) is 0 Å². The van der Waals surface area contributed by atoms with E-state index in [4.69, 9.17) is 0 Å². The first kappa shape index (κ1) is 29.3. The Morgan fingerprint density at radius 2 is 1.94 bits per heavy atom. The van der Waals surface area contributed by atoms with Crippen LogP contribution in [-0.4, -0.2) is 67.4 Å². The monoisotopic (exact) mass is 479 g/mol. The zero-order valence-corrected chi connectivity index (χ0v) is 22.0. The molecule has 186 valence electrons. The predicted molar refractivity (Wildman–Crippen MR) is 137 cm³/mol. The minimum atomic E-state index is -0.720. The summed E-state index contributed by atoms with van der Waals surface area (Å²) in [6.07, 6.45) is 11.6. The molecule has 0 heterocycles. The fourth-order valence-electron chi connectivity index (χ4n) is 3.69. The lowest BCUT2D eigenvalue weighted by Gasteiger charge is -2.30. The number of nitro groups is 1. The van der Waals surface area contributed by atoms with E-state index in [9.17, 15) is 19.7 Å². The van der Waals surface area contributed by atoms with Gasteiger partial charge in [0.1, 0.15) is 12.1 Å². The Hall–Kier alpha value is -1.69. The molecule has 0 aromatic carbocycles. The standard InChI is InChI=1S/C25H42N3O4P/c1-19(2)24(17-29)15-25(21(4)30)33(18-23-9-10-23)20(3)7-8-22(11-13-28(31)32)16-27(6)14-12-26-5/h7-8,11,13,17,19,23-26H,9-10,12,14-16,18H2,1-6H3/b13-11+,20-7+,22-8+. The van der Waals surface area contributed by atoms with Crippen molar-refractivity contribution in [2.24, 2.45) is 17.8 Å². The number of carbonyl (C=O) groups excluding carboxylic acids is 2. The van der Waals surface area contributed by atoms with Gasteiger partial charge in [0, 0.05) is 37.3 Å². The smallest absolute Gasteiger partial charge is 0.234 e. The first-order chi connectivity index (χ1) is 15.6. The summed E-state index contributed by atoms with van der Waals surface area (Å²) in [5, 5.41) is 15.1. The van der Waals surface area contributed by atoms with Crippen LogP contribution in [0.15, 0.2) is 35.3 Å². The van der Waals surface area contributed by atoms with Gasteiger partial charge in [-0.1, -0.05) is 33.9 Å². The molecule has 8 heteroatoms. The topological polar surface area (TPSA) is 92.5 Å². The number of ketones is 1. The Labute approximate surface area is 200 Å². The minimum absolute atomic E-state index is 0.120. The highest BCUT2D eigenvalue weighted by atomic mass is 31.1. The van der Waals surface area contributed by atoms with Crippen LogP contribution in [0.4, 0.5) is 0 Å². The zero-order chi connectivity index (χ0) is 25.0. The van der Waals surface area contributed by atoms with Crippen LogP contribution in [-0.2, 0) is 9.59 Å². The van der Waals surface area contributed by atoms with Gasteiger partial charge >= 0.3 is 0 Å². The summed E-state index contributed by atoms with van der Waals surface area (Å²) >= 11 is 0. The number of aldehydes is 1. The van der Waals surface area contributed by atoms with Crippen molar-refractivity contribution in [3.05, 3.63) is 45.4 Å². The Morgan fingerprint density at radius 1 is 1.27 bits per heavy atom. The first-order valence-corrected chi connectivity index (χ1v) is 13.4. The van der Waals surface area contributed by atoms with E-state index >= 15 is 0 Å². The highest BCUT2D eigenvalue weighted by Gasteiger charge is 2.34. The second-order valence-electron chi connectivity index (χ2n) is 9.49. The van der Waals surface area contributed by atoms with Crippen molar-refractivity contribution in [3.8, 4) is 0 Å². The van der Waals surface area contributed by atoms with Crippen molar-refractivity contribution < 1.29 is 14.5 Å². The van der Waals surface area contributed by atoms with Crippen molar-refractivity contribution >= 4 is 20.0 Å².